The molecule has 25 heavy (non-hydrogen) atoms. The molecule has 0 radical (unpaired) electrons. The molecular weight excluding hydrogens is 320 g/mol. The molecule has 0 aromatic carbocycles. The van der Waals surface area contributed by atoms with Crippen LogP contribution in [0.4, 0.5) is 5.95 Å². The van der Waals surface area contributed by atoms with E-state index in [0.717, 1.165) is 31.0 Å². The summed E-state index contributed by atoms with van der Waals surface area (Å²) in [7, 11) is 6.01. The number of carbonyl (C=O) groups excluding carboxylic acids is 1. The molecule has 1 aliphatic rings. The Hall–Kier alpha value is -2.55. The van der Waals surface area contributed by atoms with Crippen LogP contribution in [0.25, 0.3) is 0 Å². The summed E-state index contributed by atoms with van der Waals surface area (Å²) in [5.41, 5.74) is 6.57. The van der Waals surface area contributed by atoms with Gasteiger partial charge in [0, 0.05) is 25.2 Å². The van der Waals surface area contributed by atoms with Gasteiger partial charge in [0.25, 0.3) is 5.91 Å². The topological polar surface area (TPSA) is 115 Å². The van der Waals surface area contributed by atoms with Gasteiger partial charge in [-0.25, -0.2) is 9.97 Å². The van der Waals surface area contributed by atoms with Crippen molar-refractivity contribution in [3.8, 4) is 0 Å². The first kappa shape index (κ1) is 17.3. The number of amides is 1. The number of hydrogen-bond acceptors (Lipinski definition) is 7. The Labute approximate surface area is 146 Å². The lowest BCUT2D eigenvalue weighted by atomic mass is 9.79. The summed E-state index contributed by atoms with van der Waals surface area (Å²) in [6, 6.07) is 0.128. The van der Waals surface area contributed by atoms with Crippen LogP contribution in [0, 0.1) is 6.92 Å². The molecule has 1 saturated carbocycles. The van der Waals surface area contributed by atoms with Crippen LogP contribution in [0.15, 0.2) is 6.20 Å². The SMILES string of the molecule is Cc1nc(N)ncc1C(=O)NC1CC(c2nnc(CN(C)C)n2C)C1. The van der Waals surface area contributed by atoms with Gasteiger partial charge in [-0.3, -0.25) is 4.79 Å². The first-order valence-electron chi connectivity index (χ1n) is 8.28. The summed E-state index contributed by atoms with van der Waals surface area (Å²) < 4.78 is 2.06. The molecule has 2 aromatic rings. The Kier molecular flexibility index (Phi) is 4.67. The second-order valence-corrected chi connectivity index (χ2v) is 6.84. The highest BCUT2D eigenvalue weighted by Gasteiger charge is 2.35. The molecule has 0 spiro atoms. The number of rotatable bonds is 5. The third-order valence-electron chi connectivity index (χ3n) is 4.54. The largest absolute Gasteiger partial charge is 0.368 e. The van der Waals surface area contributed by atoms with Gasteiger partial charge >= 0.3 is 0 Å². The Morgan fingerprint density at radius 3 is 2.76 bits per heavy atom. The summed E-state index contributed by atoms with van der Waals surface area (Å²) in [6.45, 7) is 2.51. The van der Waals surface area contributed by atoms with Crippen molar-refractivity contribution in [1.82, 2.24) is 34.9 Å². The standard InChI is InChI=1S/C16H24N8O/c1-9-12(7-18-16(17)19-9)15(25)20-11-5-10(6-11)14-22-21-13(24(14)4)8-23(2)3/h7,10-11H,5-6,8H2,1-4H3,(H,20,25)(H2,17,18,19). The number of carbonyl (C=O) groups is 1. The van der Waals surface area contributed by atoms with E-state index >= 15 is 0 Å². The summed E-state index contributed by atoms with van der Waals surface area (Å²) in [4.78, 5) is 22.3. The molecule has 1 aliphatic carbocycles. The van der Waals surface area contributed by atoms with Crippen molar-refractivity contribution in [2.45, 2.75) is 38.3 Å². The van der Waals surface area contributed by atoms with Crippen LogP contribution in [0.2, 0.25) is 0 Å². The number of nitrogens with two attached hydrogens (primary N) is 1. The van der Waals surface area contributed by atoms with Gasteiger partial charge < -0.3 is 20.5 Å². The number of aryl methyl sites for hydroxylation is 1. The van der Waals surface area contributed by atoms with Gasteiger partial charge in [0.1, 0.15) is 11.6 Å². The van der Waals surface area contributed by atoms with Gasteiger partial charge in [-0.1, -0.05) is 0 Å². The van der Waals surface area contributed by atoms with Crippen LogP contribution in [0.3, 0.4) is 0 Å². The number of nitrogens with one attached hydrogen (secondary N) is 1. The average molecular weight is 344 g/mol. The van der Waals surface area contributed by atoms with Crippen LogP contribution in [-0.4, -0.2) is 55.7 Å². The fourth-order valence-electron chi connectivity index (χ4n) is 3.07. The number of anilines is 1. The molecule has 9 nitrogen and oxygen atoms in total. The van der Waals surface area contributed by atoms with E-state index in [-0.39, 0.29) is 17.9 Å². The lowest BCUT2D eigenvalue weighted by Gasteiger charge is -2.35. The fourth-order valence-corrected chi connectivity index (χ4v) is 3.07. The van der Waals surface area contributed by atoms with Gasteiger partial charge in [0.05, 0.1) is 17.8 Å². The molecule has 134 valence electrons. The van der Waals surface area contributed by atoms with Crippen molar-refractivity contribution in [3.63, 3.8) is 0 Å². The molecule has 1 fully saturated rings. The van der Waals surface area contributed by atoms with Gasteiger partial charge in [-0.15, -0.1) is 10.2 Å². The summed E-state index contributed by atoms with van der Waals surface area (Å²) in [5.74, 6) is 2.26. The van der Waals surface area contributed by atoms with Crippen molar-refractivity contribution >= 4 is 11.9 Å². The molecule has 0 saturated heterocycles. The van der Waals surface area contributed by atoms with E-state index in [0.29, 0.717) is 17.2 Å². The molecule has 3 rings (SSSR count). The maximum absolute atomic E-state index is 12.3. The number of nitrogen functional groups attached to an aromatic ring is 1. The highest BCUT2D eigenvalue weighted by molar-refractivity contribution is 5.95. The van der Waals surface area contributed by atoms with Crippen LogP contribution in [0.1, 0.15) is 46.5 Å². The highest BCUT2D eigenvalue weighted by Crippen LogP contribution is 2.36. The normalized spacial score (nSPS) is 19.7. The average Bonchev–Trinajstić information content (AvgIpc) is 2.82. The zero-order chi connectivity index (χ0) is 18.1. The molecule has 2 heterocycles. The molecule has 9 heteroatoms. The van der Waals surface area contributed by atoms with Gasteiger partial charge in [-0.2, -0.15) is 0 Å². The molecular formula is C16H24N8O. The maximum Gasteiger partial charge on any atom is 0.254 e. The highest BCUT2D eigenvalue weighted by atomic mass is 16.1. The van der Waals surface area contributed by atoms with E-state index in [2.05, 4.69) is 34.9 Å². The quantitative estimate of drug-likeness (QED) is 0.798. The van der Waals surface area contributed by atoms with Crippen molar-refractivity contribution in [2.75, 3.05) is 19.8 Å². The molecule has 1 amide bonds. The molecule has 0 aliphatic heterocycles. The molecule has 0 atom stereocenters. The maximum atomic E-state index is 12.3. The molecule has 0 unspecified atom stereocenters. The monoisotopic (exact) mass is 344 g/mol. The van der Waals surface area contributed by atoms with E-state index in [1.54, 1.807) is 6.92 Å². The zero-order valence-corrected chi connectivity index (χ0v) is 15.0. The number of aromatic nitrogens is 5. The second kappa shape index (κ2) is 6.75. The first-order valence-corrected chi connectivity index (χ1v) is 8.28. The Balaban J connectivity index is 1.58. The Morgan fingerprint density at radius 1 is 1.40 bits per heavy atom. The van der Waals surface area contributed by atoms with E-state index < -0.39 is 0 Å². The van der Waals surface area contributed by atoms with Crippen molar-refractivity contribution < 1.29 is 4.79 Å². The molecule has 0 bridgehead atoms. The van der Waals surface area contributed by atoms with Crippen LogP contribution < -0.4 is 11.1 Å². The number of hydrogen-bond donors (Lipinski definition) is 2. The van der Waals surface area contributed by atoms with E-state index in [9.17, 15) is 4.79 Å². The van der Waals surface area contributed by atoms with Gasteiger partial charge in [0.2, 0.25) is 5.95 Å². The van der Waals surface area contributed by atoms with E-state index in [4.69, 9.17) is 5.73 Å². The van der Waals surface area contributed by atoms with E-state index in [1.807, 2.05) is 21.1 Å². The van der Waals surface area contributed by atoms with Crippen molar-refractivity contribution in [2.24, 2.45) is 7.05 Å². The lowest BCUT2D eigenvalue weighted by Crippen LogP contribution is -2.44. The third-order valence-corrected chi connectivity index (χ3v) is 4.54. The second-order valence-electron chi connectivity index (χ2n) is 6.84. The zero-order valence-electron chi connectivity index (χ0n) is 15.0. The smallest absolute Gasteiger partial charge is 0.254 e. The predicted octanol–water partition coefficient (Wildman–Crippen LogP) is 0.233. The summed E-state index contributed by atoms with van der Waals surface area (Å²) in [5, 5.41) is 11.6. The van der Waals surface area contributed by atoms with Crippen molar-refractivity contribution in [3.05, 3.63) is 29.1 Å². The van der Waals surface area contributed by atoms with Crippen LogP contribution >= 0.6 is 0 Å². The minimum atomic E-state index is -0.160. The Bertz CT molecular complexity index is 778. The third kappa shape index (κ3) is 3.60. The number of nitrogens with zero attached hydrogens (tertiary/aromatic N) is 6. The first-order chi connectivity index (χ1) is 11.8. The minimum absolute atomic E-state index is 0.128. The van der Waals surface area contributed by atoms with Crippen molar-refractivity contribution in [1.29, 1.82) is 0 Å². The van der Waals surface area contributed by atoms with Gasteiger partial charge in [-0.05, 0) is 33.9 Å². The minimum Gasteiger partial charge on any atom is -0.368 e. The Morgan fingerprint density at radius 2 is 2.12 bits per heavy atom. The molecule has 2 aromatic heterocycles. The van der Waals surface area contributed by atoms with Crippen LogP contribution in [0.5, 0.6) is 0 Å². The van der Waals surface area contributed by atoms with Gasteiger partial charge in [0.15, 0.2) is 0 Å². The molecule has 3 N–H and O–H groups in total. The van der Waals surface area contributed by atoms with Crippen LogP contribution in [-0.2, 0) is 13.6 Å². The predicted molar refractivity (Wildman–Crippen MR) is 92.8 cm³/mol. The fraction of sp³-hybridized carbons (Fsp3) is 0.562. The van der Waals surface area contributed by atoms with E-state index in [1.165, 1.54) is 6.20 Å². The lowest BCUT2D eigenvalue weighted by molar-refractivity contribution is 0.0905. The summed E-state index contributed by atoms with van der Waals surface area (Å²) >= 11 is 0. The summed E-state index contributed by atoms with van der Waals surface area (Å²) in [6.07, 6.45) is 3.18.